The van der Waals surface area contributed by atoms with Crippen molar-refractivity contribution in [1.29, 1.82) is 0 Å². The van der Waals surface area contributed by atoms with Crippen molar-refractivity contribution in [1.82, 2.24) is 10.2 Å². The number of nitrogens with zero attached hydrogens (tertiary/aromatic N) is 1. The fraction of sp³-hybridized carbons (Fsp3) is 0.353. The van der Waals surface area contributed by atoms with Crippen molar-refractivity contribution in [3.05, 3.63) is 53.7 Å². The lowest BCUT2D eigenvalue weighted by Gasteiger charge is -2.33. The van der Waals surface area contributed by atoms with Crippen LogP contribution >= 0.6 is 0 Å². The number of piperidine rings is 1. The highest BCUT2D eigenvalue weighted by molar-refractivity contribution is 5.87. The van der Waals surface area contributed by atoms with Gasteiger partial charge in [-0.25, -0.2) is 0 Å². The number of hydrogen-bond donors (Lipinski definition) is 1. The van der Waals surface area contributed by atoms with E-state index in [9.17, 15) is 4.79 Å². The van der Waals surface area contributed by atoms with E-state index >= 15 is 0 Å². The van der Waals surface area contributed by atoms with Crippen molar-refractivity contribution in [3.63, 3.8) is 0 Å². The normalized spacial score (nSPS) is 21.9. The minimum Gasteiger partial charge on any atom is -0.355 e. The maximum atomic E-state index is 12.2. The maximum Gasteiger partial charge on any atom is 0.246 e. The molecule has 2 aliphatic rings. The third-order valence-corrected chi connectivity index (χ3v) is 4.29. The molecule has 3 rings (SSSR count). The molecule has 3 nitrogen and oxygen atoms in total. The summed E-state index contributed by atoms with van der Waals surface area (Å²) in [5.41, 5.74) is 5.65. The van der Waals surface area contributed by atoms with Crippen molar-refractivity contribution in [2.24, 2.45) is 0 Å². The van der Waals surface area contributed by atoms with Gasteiger partial charge in [-0.3, -0.25) is 4.79 Å². The molecule has 104 valence electrons. The number of carbonyl (C=O) groups excluding carboxylic acids is 1. The second-order valence-corrected chi connectivity index (χ2v) is 5.53. The van der Waals surface area contributed by atoms with Gasteiger partial charge in [0.15, 0.2) is 0 Å². The second kappa shape index (κ2) is 4.82. The molecular weight excluding hydrogens is 248 g/mol. The van der Waals surface area contributed by atoms with Gasteiger partial charge in [0.25, 0.3) is 0 Å². The van der Waals surface area contributed by atoms with Crippen molar-refractivity contribution >= 4 is 11.6 Å². The molecule has 0 spiro atoms. The lowest BCUT2D eigenvalue weighted by Crippen LogP contribution is -2.47. The summed E-state index contributed by atoms with van der Waals surface area (Å²) in [6, 6.07) is 6.26. The van der Waals surface area contributed by atoms with E-state index in [1.54, 1.807) is 0 Å². The standard InChI is InChI=1S/C17H20N2O/c1-4-13-6-5-7-14-10-19(12(3)16(13)14)15-9-8-11(2)18-17(15)20/h5-7,15H,2-4,8-10H2,1H3,(H,18,20)/t15-/m0/s1. The molecule has 1 amide bonds. The average molecular weight is 268 g/mol. The van der Waals surface area contributed by atoms with Gasteiger partial charge >= 0.3 is 0 Å². The number of rotatable bonds is 2. The summed E-state index contributed by atoms with van der Waals surface area (Å²) in [7, 11) is 0. The van der Waals surface area contributed by atoms with Gasteiger partial charge < -0.3 is 10.2 Å². The van der Waals surface area contributed by atoms with Gasteiger partial charge in [-0.1, -0.05) is 38.3 Å². The fourth-order valence-corrected chi connectivity index (χ4v) is 3.23. The van der Waals surface area contributed by atoms with Crippen LogP contribution in [0.4, 0.5) is 0 Å². The van der Waals surface area contributed by atoms with E-state index < -0.39 is 0 Å². The molecule has 0 unspecified atom stereocenters. The minimum absolute atomic E-state index is 0.0493. The Balaban J connectivity index is 1.90. The van der Waals surface area contributed by atoms with Crippen molar-refractivity contribution in [2.45, 2.75) is 38.8 Å². The van der Waals surface area contributed by atoms with E-state index in [-0.39, 0.29) is 11.9 Å². The first-order chi connectivity index (χ1) is 9.61. The molecule has 0 saturated carbocycles. The molecule has 2 aliphatic heterocycles. The molecular formula is C17H20N2O. The molecule has 0 bridgehead atoms. The van der Waals surface area contributed by atoms with Crippen LogP contribution < -0.4 is 5.32 Å². The quantitative estimate of drug-likeness (QED) is 0.894. The number of nitrogens with one attached hydrogen (secondary N) is 1. The predicted molar refractivity (Wildman–Crippen MR) is 80.7 cm³/mol. The van der Waals surface area contributed by atoms with Crippen LogP contribution in [0.2, 0.25) is 0 Å². The van der Waals surface area contributed by atoms with Gasteiger partial charge in [0.1, 0.15) is 6.04 Å². The van der Waals surface area contributed by atoms with Gasteiger partial charge in [0, 0.05) is 23.5 Å². The topological polar surface area (TPSA) is 32.3 Å². The highest BCUT2D eigenvalue weighted by atomic mass is 16.2. The number of allylic oxidation sites excluding steroid dienone is 1. The average Bonchev–Trinajstić information content (AvgIpc) is 2.76. The zero-order valence-corrected chi connectivity index (χ0v) is 11.9. The van der Waals surface area contributed by atoms with Crippen LogP contribution in [-0.4, -0.2) is 16.8 Å². The van der Waals surface area contributed by atoms with Gasteiger partial charge in [-0.15, -0.1) is 0 Å². The summed E-state index contributed by atoms with van der Waals surface area (Å²) in [5.74, 6) is 0.0493. The Morgan fingerprint density at radius 1 is 1.40 bits per heavy atom. The maximum absolute atomic E-state index is 12.2. The molecule has 1 fully saturated rings. The highest BCUT2D eigenvalue weighted by Gasteiger charge is 2.35. The molecule has 0 aliphatic carbocycles. The Morgan fingerprint density at radius 3 is 2.90 bits per heavy atom. The third-order valence-electron chi connectivity index (χ3n) is 4.29. The van der Waals surface area contributed by atoms with Crippen LogP contribution in [0, 0.1) is 0 Å². The lowest BCUT2D eigenvalue weighted by atomic mass is 9.99. The Hall–Kier alpha value is -2.03. The number of carbonyl (C=O) groups is 1. The number of aryl methyl sites for hydroxylation is 1. The van der Waals surface area contributed by atoms with Crippen molar-refractivity contribution in [3.8, 4) is 0 Å². The van der Waals surface area contributed by atoms with E-state index in [1.165, 1.54) is 16.7 Å². The first kappa shape index (κ1) is 13.0. The number of benzene rings is 1. The van der Waals surface area contributed by atoms with Crippen LogP contribution in [0.3, 0.4) is 0 Å². The van der Waals surface area contributed by atoms with Crippen LogP contribution in [-0.2, 0) is 17.8 Å². The molecule has 20 heavy (non-hydrogen) atoms. The van der Waals surface area contributed by atoms with Gasteiger partial charge in [0.2, 0.25) is 5.91 Å². The van der Waals surface area contributed by atoms with Gasteiger partial charge in [-0.2, -0.15) is 0 Å². The van der Waals surface area contributed by atoms with Gasteiger partial charge in [0.05, 0.1) is 0 Å². The number of hydrogen-bond acceptors (Lipinski definition) is 2. The van der Waals surface area contributed by atoms with E-state index in [0.29, 0.717) is 0 Å². The zero-order chi connectivity index (χ0) is 14.3. The largest absolute Gasteiger partial charge is 0.355 e. The molecule has 1 saturated heterocycles. The summed E-state index contributed by atoms with van der Waals surface area (Å²) in [4.78, 5) is 14.3. The molecule has 0 aromatic heterocycles. The lowest BCUT2D eigenvalue weighted by molar-refractivity contribution is -0.125. The molecule has 1 aromatic carbocycles. The molecule has 3 heteroatoms. The molecule has 0 radical (unpaired) electrons. The third kappa shape index (κ3) is 1.94. The van der Waals surface area contributed by atoms with Crippen LogP contribution in [0.1, 0.15) is 36.5 Å². The summed E-state index contributed by atoms with van der Waals surface area (Å²) in [6.07, 6.45) is 2.65. The molecule has 1 aromatic rings. The minimum atomic E-state index is -0.120. The van der Waals surface area contributed by atoms with E-state index in [2.05, 4.69) is 48.5 Å². The molecule has 2 heterocycles. The van der Waals surface area contributed by atoms with Crippen molar-refractivity contribution in [2.75, 3.05) is 0 Å². The first-order valence-corrected chi connectivity index (χ1v) is 7.17. The van der Waals surface area contributed by atoms with Crippen LogP contribution in [0.25, 0.3) is 5.70 Å². The summed E-state index contributed by atoms with van der Waals surface area (Å²) >= 11 is 0. The van der Waals surface area contributed by atoms with Crippen LogP contribution in [0.5, 0.6) is 0 Å². The van der Waals surface area contributed by atoms with Crippen LogP contribution in [0.15, 0.2) is 37.1 Å². The Morgan fingerprint density at radius 2 is 2.20 bits per heavy atom. The van der Waals surface area contributed by atoms with E-state index in [4.69, 9.17) is 0 Å². The monoisotopic (exact) mass is 268 g/mol. The van der Waals surface area contributed by atoms with E-state index in [0.717, 1.165) is 37.2 Å². The zero-order valence-electron chi connectivity index (χ0n) is 11.9. The first-order valence-electron chi connectivity index (χ1n) is 7.17. The van der Waals surface area contributed by atoms with Gasteiger partial charge in [-0.05, 0) is 30.4 Å². The smallest absolute Gasteiger partial charge is 0.246 e. The predicted octanol–water partition coefficient (Wildman–Crippen LogP) is 2.83. The molecule has 1 atom stereocenters. The Bertz CT molecular complexity index is 603. The Labute approximate surface area is 120 Å². The number of fused-ring (bicyclic) bond motifs is 1. The summed E-state index contributed by atoms with van der Waals surface area (Å²) < 4.78 is 0. The fourth-order valence-electron chi connectivity index (χ4n) is 3.23. The summed E-state index contributed by atoms with van der Waals surface area (Å²) in [6.45, 7) is 11.0. The SMILES string of the molecule is C=C1CC[C@H](N2Cc3cccc(CC)c3C2=C)C(=O)N1. The second-order valence-electron chi connectivity index (χ2n) is 5.53. The Kier molecular flexibility index (Phi) is 3.13. The summed E-state index contributed by atoms with van der Waals surface area (Å²) in [5, 5.41) is 2.87. The van der Waals surface area contributed by atoms with Crippen molar-refractivity contribution < 1.29 is 4.79 Å². The highest BCUT2D eigenvalue weighted by Crippen LogP contribution is 2.37. The van der Waals surface area contributed by atoms with E-state index in [1.807, 2.05) is 0 Å². The number of amides is 1. The molecule has 1 N–H and O–H groups in total.